The molecule has 0 unspecified atom stereocenters. The van der Waals surface area contributed by atoms with Crippen LogP contribution in [0.2, 0.25) is 0 Å². The smallest absolute Gasteiger partial charge is 0.325 e. The van der Waals surface area contributed by atoms with Gasteiger partial charge in [-0.3, -0.25) is 9.59 Å². The number of furan rings is 1. The highest BCUT2D eigenvalue weighted by atomic mass is 16.5. The van der Waals surface area contributed by atoms with Crippen LogP contribution in [-0.2, 0) is 16.1 Å². The molecule has 0 fully saturated rings. The Morgan fingerprint density at radius 2 is 1.79 bits per heavy atom. The number of benzene rings is 3. The number of fused-ring (bicyclic) bond motifs is 4. The number of hydrogen-bond donors (Lipinski definition) is 1. The first kappa shape index (κ1) is 20.5. The van der Waals surface area contributed by atoms with E-state index < -0.39 is 5.91 Å². The summed E-state index contributed by atoms with van der Waals surface area (Å²) in [6.45, 7) is 1.99. The molecular formula is C26H21N3O4. The molecule has 7 heteroatoms. The Labute approximate surface area is 189 Å². The zero-order valence-corrected chi connectivity index (χ0v) is 18.2. The maximum absolute atomic E-state index is 12.7. The van der Waals surface area contributed by atoms with Crippen molar-refractivity contribution in [1.82, 2.24) is 9.99 Å². The van der Waals surface area contributed by atoms with Gasteiger partial charge in [0.15, 0.2) is 5.76 Å². The zero-order chi connectivity index (χ0) is 22.9. The second kappa shape index (κ2) is 8.27. The number of nitrogens with zero attached hydrogens (tertiary/aromatic N) is 2. The van der Waals surface area contributed by atoms with E-state index in [2.05, 4.69) is 10.5 Å². The molecule has 0 bridgehead atoms. The third kappa shape index (κ3) is 3.63. The maximum atomic E-state index is 12.7. The van der Waals surface area contributed by atoms with E-state index in [1.165, 1.54) is 7.11 Å². The summed E-state index contributed by atoms with van der Waals surface area (Å²) in [5.41, 5.74) is 5.73. The van der Waals surface area contributed by atoms with E-state index in [-0.39, 0.29) is 18.3 Å². The molecule has 0 saturated heterocycles. The molecule has 2 heterocycles. The van der Waals surface area contributed by atoms with Gasteiger partial charge >= 0.3 is 11.9 Å². The Morgan fingerprint density at radius 3 is 2.61 bits per heavy atom. The second-order valence-corrected chi connectivity index (χ2v) is 7.69. The van der Waals surface area contributed by atoms with Gasteiger partial charge in [-0.2, -0.15) is 5.10 Å². The molecule has 0 aliphatic carbocycles. The molecule has 0 spiro atoms. The number of esters is 1. The Hall–Kier alpha value is -4.39. The molecule has 0 radical (unpaired) electrons. The molecule has 33 heavy (non-hydrogen) atoms. The standard InChI is InChI=1S/C26H21N3O4/c1-16-21(19-9-5-6-10-22(19)29(16)15-25(30)32-2)14-27-28-26(31)24-13-20-18-8-4-3-7-17(18)11-12-23(20)33-24/h3-14H,15H2,1-2H3,(H,28,31)/b27-14+. The fourth-order valence-electron chi connectivity index (χ4n) is 4.13. The van der Waals surface area contributed by atoms with Crippen molar-refractivity contribution >= 4 is 50.7 Å². The molecule has 3 aromatic carbocycles. The van der Waals surface area contributed by atoms with Crippen molar-refractivity contribution in [2.24, 2.45) is 5.10 Å². The van der Waals surface area contributed by atoms with Crippen LogP contribution in [0, 0.1) is 6.92 Å². The molecular weight excluding hydrogens is 418 g/mol. The van der Waals surface area contributed by atoms with Crippen LogP contribution in [0.3, 0.4) is 0 Å². The van der Waals surface area contributed by atoms with Crippen molar-refractivity contribution in [3.63, 3.8) is 0 Å². The van der Waals surface area contributed by atoms with Gasteiger partial charge in [0.05, 0.1) is 13.3 Å². The Bertz CT molecular complexity index is 1560. The van der Waals surface area contributed by atoms with Gasteiger partial charge in [0.25, 0.3) is 0 Å². The summed E-state index contributed by atoms with van der Waals surface area (Å²) in [4.78, 5) is 24.6. The number of rotatable bonds is 5. The first-order chi connectivity index (χ1) is 16.1. The van der Waals surface area contributed by atoms with Gasteiger partial charge in [0.2, 0.25) is 0 Å². The third-order valence-electron chi connectivity index (χ3n) is 5.80. The van der Waals surface area contributed by atoms with Gasteiger partial charge in [-0.15, -0.1) is 0 Å². The monoisotopic (exact) mass is 439 g/mol. The summed E-state index contributed by atoms with van der Waals surface area (Å²) in [5.74, 6) is -0.598. The lowest BCUT2D eigenvalue weighted by atomic mass is 10.1. The fraction of sp³-hybridized carbons (Fsp3) is 0.115. The van der Waals surface area contributed by atoms with Gasteiger partial charge < -0.3 is 13.7 Å². The van der Waals surface area contributed by atoms with Gasteiger partial charge in [-0.25, -0.2) is 5.43 Å². The summed E-state index contributed by atoms with van der Waals surface area (Å²) in [5, 5.41) is 8.06. The van der Waals surface area contributed by atoms with Crippen LogP contribution >= 0.6 is 0 Å². The van der Waals surface area contributed by atoms with Crippen molar-refractivity contribution in [3.8, 4) is 0 Å². The van der Waals surface area contributed by atoms with Crippen LogP contribution < -0.4 is 5.43 Å². The normalized spacial score (nSPS) is 11.6. The fourth-order valence-corrected chi connectivity index (χ4v) is 4.13. The average molecular weight is 439 g/mol. The lowest BCUT2D eigenvalue weighted by Crippen LogP contribution is -2.17. The first-order valence-electron chi connectivity index (χ1n) is 10.5. The SMILES string of the molecule is COC(=O)Cn1c(C)c(/C=N/NC(=O)c2cc3c(ccc4ccccc43)o2)c2ccccc21. The topological polar surface area (TPSA) is 85.8 Å². The highest BCUT2D eigenvalue weighted by Crippen LogP contribution is 2.28. The summed E-state index contributed by atoms with van der Waals surface area (Å²) in [6, 6.07) is 21.2. The number of nitrogens with one attached hydrogen (secondary N) is 1. The Kier molecular flexibility index (Phi) is 5.14. The van der Waals surface area contributed by atoms with Crippen molar-refractivity contribution in [1.29, 1.82) is 0 Å². The van der Waals surface area contributed by atoms with Crippen molar-refractivity contribution < 1.29 is 18.7 Å². The van der Waals surface area contributed by atoms with E-state index in [0.717, 1.165) is 38.3 Å². The number of para-hydroxylation sites is 1. The minimum atomic E-state index is -0.442. The molecule has 0 atom stereocenters. The minimum absolute atomic E-state index is 0.0932. The second-order valence-electron chi connectivity index (χ2n) is 7.69. The number of ether oxygens (including phenoxy) is 1. The average Bonchev–Trinajstić information content (AvgIpc) is 3.39. The van der Waals surface area contributed by atoms with Crippen LogP contribution in [0.25, 0.3) is 32.6 Å². The number of hydrazone groups is 1. The maximum Gasteiger partial charge on any atom is 0.325 e. The molecule has 0 aliphatic heterocycles. The lowest BCUT2D eigenvalue weighted by Gasteiger charge is -2.06. The summed E-state index contributed by atoms with van der Waals surface area (Å²) in [6.07, 6.45) is 1.58. The number of methoxy groups -OCH3 is 1. The van der Waals surface area contributed by atoms with Crippen LogP contribution in [0.15, 0.2) is 76.2 Å². The number of carbonyl (C=O) groups excluding carboxylic acids is 2. The summed E-state index contributed by atoms with van der Waals surface area (Å²) < 4.78 is 12.4. The highest BCUT2D eigenvalue weighted by Gasteiger charge is 2.16. The number of carbonyl (C=O) groups is 2. The lowest BCUT2D eigenvalue weighted by molar-refractivity contribution is -0.141. The van der Waals surface area contributed by atoms with E-state index in [9.17, 15) is 9.59 Å². The van der Waals surface area contributed by atoms with E-state index >= 15 is 0 Å². The molecule has 1 amide bonds. The zero-order valence-electron chi connectivity index (χ0n) is 18.2. The van der Waals surface area contributed by atoms with E-state index in [4.69, 9.17) is 9.15 Å². The molecule has 164 valence electrons. The van der Waals surface area contributed by atoms with E-state index in [1.807, 2.05) is 72.2 Å². The van der Waals surface area contributed by atoms with Crippen LogP contribution in [0.1, 0.15) is 21.8 Å². The number of aromatic nitrogens is 1. The summed E-state index contributed by atoms with van der Waals surface area (Å²) in [7, 11) is 1.36. The van der Waals surface area contributed by atoms with E-state index in [0.29, 0.717) is 5.58 Å². The van der Waals surface area contributed by atoms with Crippen molar-refractivity contribution in [2.45, 2.75) is 13.5 Å². The predicted molar refractivity (Wildman–Crippen MR) is 127 cm³/mol. The van der Waals surface area contributed by atoms with Gasteiger partial charge in [-0.05, 0) is 35.9 Å². The van der Waals surface area contributed by atoms with Crippen molar-refractivity contribution in [2.75, 3.05) is 7.11 Å². The Balaban J connectivity index is 1.43. The van der Waals surface area contributed by atoms with Crippen molar-refractivity contribution in [3.05, 3.63) is 83.7 Å². The number of hydrogen-bond acceptors (Lipinski definition) is 5. The van der Waals surface area contributed by atoms with Crippen LogP contribution in [0.4, 0.5) is 0 Å². The molecule has 0 saturated carbocycles. The molecule has 0 aliphatic rings. The number of amides is 1. The van der Waals surface area contributed by atoms with Crippen LogP contribution in [-0.4, -0.2) is 29.8 Å². The van der Waals surface area contributed by atoms with Crippen LogP contribution in [0.5, 0.6) is 0 Å². The largest absolute Gasteiger partial charge is 0.468 e. The third-order valence-corrected chi connectivity index (χ3v) is 5.80. The molecule has 5 rings (SSSR count). The molecule has 2 aromatic heterocycles. The van der Waals surface area contributed by atoms with Gasteiger partial charge in [0.1, 0.15) is 12.1 Å². The molecule has 1 N–H and O–H groups in total. The molecule has 5 aromatic rings. The first-order valence-corrected chi connectivity index (χ1v) is 10.5. The quantitative estimate of drug-likeness (QED) is 0.242. The highest BCUT2D eigenvalue weighted by molar-refractivity contribution is 6.08. The van der Waals surface area contributed by atoms with Gasteiger partial charge in [0, 0.05) is 27.5 Å². The molecule has 7 nitrogen and oxygen atoms in total. The minimum Gasteiger partial charge on any atom is -0.468 e. The van der Waals surface area contributed by atoms with Gasteiger partial charge in [-0.1, -0.05) is 48.5 Å². The Morgan fingerprint density at radius 1 is 1.03 bits per heavy atom. The summed E-state index contributed by atoms with van der Waals surface area (Å²) >= 11 is 0. The predicted octanol–water partition coefficient (Wildman–Crippen LogP) is 4.79. The van der Waals surface area contributed by atoms with E-state index in [1.54, 1.807) is 12.3 Å².